The summed E-state index contributed by atoms with van der Waals surface area (Å²) in [6.07, 6.45) is 1.86. The van der Waals surface area contributed by atoms with Crippen molar-refractivity contribution in [3.63, 3.8) is 0 Å². The SMILES string of the molecule is Cc1nonc1COc1ccccc1C(=O)N1CCC2(CC1)CC(Oc1ccccc1F)CO2. The van der Waals surface area contributed by atoms with Crippen molar-refractivity contribution >= 4 is 5.91 Å². The Hall–Kier alpha value is -3.46. The standard InChI is InChI=1S/C25H26FN3O5/c1-17-21(28-34-27-17)16-31-22-8-4-2-6-19(22)24(30)29-12-10-25(11-13-29)14-18(15-32-25)33-23-9-5-3-7-20(23)26/h2-9,18H,10-16H2,1H3. The lowest BCUT2D eigenvalue weighted by molar-refractivity contribution is -0.0396. The number of para-hydroxylation sites is 2. The summed E-state index contributed by atoms with van der Waals surface area (Å²) in [6.45, 7) is 3.49. The first-order chi connectivity index (χ1) is 16.5. The third kappa shape index (κ3) is 4.61. The maximum Gasteiger partial charge on any atom is 0.257 e. The van der Waals surface area contributed by atoms with Gasteiger partial charge in [0.1, 0.15) is 29.8 Å². The topological polar surface area (TPSA) is 86.9 Å². The zero-order valence-electron chi connectivity index (χ0n) is 18.9. The molecule has 0 bridgehead atoms. The van der Waals surface area contributed by atoms with Crippen molar-refractivity contribution in [1.29, 1.82) is 0 Å². The minimum absolute atomic E-state index is 0.0856. The molecule has 2 fully saturated rings. The van der Waals surface area contributed by atoms with Gasteiger partial charge in [0.25, 0.3) is 5.91 Å². The summed E-state index contributed by atoms with van der Waals surface area (Å²) in [5.41, 5.74) is 1.40. The van der Waals surface area contributed by atoms with E-state index < -0.39 is 0 Å². The van der Waals surface area contributed by atoms with Gasteiger partial charge in [0.15, 0.2) is 11.6 Å². The smallest absolute Gasteiger partial charge is 0.257 e. The molecule has 2 aliphatic heterocycles. The van der Waals surface area contributed by atoms with Gasteiger partial charge in [0.05, 0.1) is 17.8 Å². The lowest BCUT2D eigenvalue weighted by Gasteiger charge is -2.38. The first-order valence-corrected chi connectivity index (χ1v) is 11.4. The zero-order valence-corrected chi connectivity index (χ0v) is 18.9. The number of likely N-dealkylation sites (tertiary alicyclic amines) is 1. The maximum absolute atomic E-state index is 13.9. The van der Waals surface area contributed by atoms with Gasteiger partial charge >= 0.3 is 0 Å². The molecule has 1 spiro atoms. The Labute approximate surface area is 196 Å². The average Bonchev–Trinajstić information content (AvgIpc) is 3.45. The zero-order chi connectivity index (χ0) is 23.5. The fourth-order valence-corrected chi connectivity index (χ4v) is 4.53. The second-order valence-corrected chi connectivity index (χ2v) is 8.74. The molecule has 2 aromatic carbocycles. The van der Waals surface area contributed by atoms with Gasteiger partial charge in [-0.1, -0.05) is 34.6 Å². The normalized spacial score (nSPS) is 19.4. The van der Waals surface area contributed by atoms with Crippen molar-refractivity contribution in [3.05, 3.63) is 71.3 Å². The van der Waals surface area contributed by atoms with Gasteiger partial charge in [-0.15, -0.1) is 0 Å². The van der Waals surface area contributed by atoms with Crippen LogP contribution in [0.3, 0.4) is 0 Å². The van der Waals surface area contributed by atoms with Crippen LogP contribution in [-0.2, 0) is 11.3 Å². The van der Waals surface area contributed by atoms with E-state index in [9.17, 15) is 9.18 Å². The van der Waals surface area contributed by atoms with E-state index >= 15 is 0 Å². The summed E-state index contributed by atoms with van der Waals surface area (Å²) in [7, 11) is 0. The van der Waals surface area contributed by atoms with E-state index in [4.69, 9.17) is 18.8 Å². The van der Waals surface area contributed by atoms with Gasteiger partial charge in [-0.2, -0.15) is 0 Å². The number of aryl methyl sites for hydroxylation is 1. The number of aromatic nitrogens is 2. The molecule has 0 radical (unpaired) electrons. The van der Waals surface area contributed by atoms with Gasteiger partial charge in [-0.25, -0.2) is 9.02 Å². The Morgan fingerprint density at radius 2 is 1.85 bits per heavy atom. The molecular formula is C25H26FN3O5. The number of benzene rings is 2. The molecule has 8 nitrogen and oxygen atoms in total. The molecule has 0 aliphatic carbocycles. The number of carbonyl (C=O) groups is 1. The molecular weight excluding hydrogens is 441 g/mol. The molecule has 1 aromatic heterocycles. The average molecular weight is 467 g/mol. The minimum Gasteiger partial charge on any atom is -0.486 e. The number of amides is 1. The minimum atomic E-state index is -0.375. The molecule has 5 rings (SSSR count). The van der Waals surface area contributed by atoms with Crippen LogP contribution < -0.4 is 9.47 Å². The molecule has 1 amide bonds. The van der Waals surface area contributed by atoms with Crippen LogP contribution in [0, 0.1) is 12.7 Å². The molecule has 0 saturated carbocycles. The highest BCUT2D eigenvalue weighted by Crippen LogP contribution is 2.38. The maximum atomic E-state index is 13.9. The van der Waals surface area contributed by atoms with E-state index in [2.05, 4.69) is 10.3 Å². The third-order valence-electron chi connectivity index (χ3n) is 6.50. The molecule has 9 heteroatoms. The van der Waals surface area contributed by atoms with E-state index in [0.717, 1.165) is 0 Å². The van der Waals surface area contributed by atoms with Gasteiger partial charge in [-0.05, 0) is 44.0 Å². The summed E-state index contributed by atoms with van der Waals surface area (Å²) in [6, 6.07) is 13.6. The van der Waals surface area contributed by atoms with Crippen LogP contribution in [0.4, 0.5) is 4.39 Å². The van der Waals surface area contributed by atoms with E-state index in [1.807, 2.05) is 17.0 Å². The molecule has 34 heavy (non-hydrogen) atoms. The lowest BCUT2D eigenvalue weighted by atomic mass is 9.87. The number of ether oxygens (including phenoxy) is 3. The second kappa shape index (κ2) is 9.42. The number of nitrogens with zero attached hydrogens (tertiary/aromatic N) is 3. The summed E-state index contributed by atoms with van der Waals surface area (Å²) in [5.74, 6) is 0.275. The number of hydrogen-bond donors (Lipinski definition) is 0. The van der Waals surface area contributed by atoms with E-state index in [0.29, 0.717) is 61.7 Å². The number of piperidine rings is 1. The monoisotopic (exact) mass is 467 g/mol. The van der Waals surface area contributed by atoms with Crippen LogP contribution in [-0.4, -0.2) is 52.5 Å². The van der Waals surface area contributed by atoms with Crippen molar-refractivity contribution in [2.45, 2.75) is 44.5 Å². The molecule has 1 unspecified atom stereocenters. The van der Waals surface area contributed by atoms with Crippen LogP contribution in [0.1, 0.15) is 41.0 Å². The van der Waals surface area contributed by atoms with E-state index in [-0.39, 0.29) is 35.8 Å². The first kappa shape index (κ1) is 22.3. The Morgan fingerprint density at radius 1 is 1.12 bits per heavy atom. The van der Waals surface area contributed by atoms with Crippen molar-refractivity contribution in [1.82, 2.24) is 15.2 Å². The highest BCUT2D eigenvalue weighted by atomic mass is 19.1. The number of rotatable bonds is 6. The highest BCUT2D eigenvalue weighted by molar-refractivity contribution is 5.97. The summed E-state index contributed by atoms with van der Waals surface area (Å²) in [5, 5.41) is 7.57. The van der Waals surface area contributed by atoms with Crippen LogP contribution in [0.15, 0.2) is 53.2 Å². The predicted molar refractivity (Wildman–Crippen MR) is 119 cm³/mol. The largest absolute Gasteiger partial charge is 0.486 e. The summed E-state index contributed by atoms with van der Waals surface area (Å²) >= 11 is 0. The Balaban J connectivity index is 1.19. The molecule has 2 aliphatic rings. The molecule has 0 N–H and O–H groups in total. The van der Waals surface area contributed by atoms with Gasteiger partial charge in [0.2, 0.25) is 0 Å². The van der Waals surface area contributed by atoms with Crippen LogP contribution in [0.5, 0.6) is 11.5 Å². The van der Waals surface area contributed by atoms with Gasteiger partial charge in [-0.3, -0.25) is 4.79 Å². The van der Waals surface area contributed by atoms with Crippen molar-refractivity contribution in [2.75, 3.05) is 19.7 Å². The van der Waals surface area contributed by atoms with Gasteiger partial charge < -0.3 is 19.1 Å². The number of halogens is 1. The molecule has 1 atom stereocenters. The fraction of sp³-hybridized carbons (Fsp3) is 0.400. The van der Waals surface area contributed by atoms with Crippen LogP contribution in [0.25, 0.3) is 0 Å². The Bertz CT molecular complexity index is 1160. The lowest BCUT2D eigenvalue weighted by Crippen LogP contribution is -2.46. The van der Waals surface area contributed by atoms with Crippen molar-refractivity contribution < 1.29 is 28.0 Å². The molecule has 3 heterocycles. The Kier molecular flexibility index (Phi) is 6.19. The molecule has 178 valence electrons. The quantitative estimate of drug-likeness (QED) is 0.543. The third-order valence-corrected chi connectivity index (χ3v) is 6.50. The number of carbonyl (C=O) groups excluding carboxylic acids is 1. The summed E-state index contributed by atoms with van der Waals surface area (Å²) < 4.78 is 36.5. The van der Waals surface area contributed by atoms with Crippen molar-refractivity contribution in [2.24, 2.45) is 0 Å². The van der Waals surface area contributed by atoms with Crippen LogP contribution >= 0.6 is 0 Å². The highest BCUT2D eigenvalue weighted by Gasteiger charge is 2.44. The van der Waals surface area contributed by atoms with Gasteiger partial charge in [0, 0.05) is 19.5 Å². The summed E-state index contributed by atoms with van der Waals surface area (Å²) in [4.78, 5) is 15.1. The van der Waals surface area contributed by atoms with E-state index in [1.54, 1.807) is 37.3 Å². The fourth-order valence-electron chi connectivity index (χ4n) is 4.53. The van der Waals surface area contributed by atoms with E-state index in [1.165, 1.54) is 6.07 Å². The van der Waals surface area contributed by atoms with Crippen molar-refractivity contribution in [3.8, 4) is 11.5 Å². The predicted octanol–water partition coefficient (Wildman–Crippen LogP) is 3.94. The first-order valence-electron chi connectivity index (χ1n) is 11.4. The number of hydrogen-bond acceptors (Lipinski definition) is 7. The Morgan fingerprint density at radius 3 is 2.59 bits per heavy atom. The van der Waals surface area contributed by atoms with Crippen LogP contribution in [0.2, 0.25) is 0 Å². The molecule has 2 saturated heterocycles. The molecule has 3 aromatic rings. The second-order valence-electron chi connectivity index (χ2n) is 8.74.